The minimum Gasteiger partial charge on any atom is -0.476 e. The molecule has 11 heteroatoms. The third kappa shape index (κ3) is 4.00. The van der Waals surface area contributed by atoms with E-state index in [9.17, 15) is 23.9 Å². The van der Waals surface area contributed by atoms with Crippen molar-refractivity contribution in [2.45, 2.75) is 44.7 Å². The normalized spacial score (nSPS) is 21.2. The molecule has 2 N–H and O–H groups in total. The maximum atomic E-state index is 14.5. The number of anilines is 2. The maximum Gasteiger partial charge on any atom is 0.356 e. The highest BCUT2D eigenvalue weighted by Crippen LogP contribution is 2.49. The minimum atomic E-state index is -2.84. The van der Waals surface area contributed by atoms with E-state index >= 15 is 0 Å². The summed E-state index contributed by atoms with van der Waals surface area (Å²) >= 11 is 5.86. The number of nitriles is 1. The fourth-order valence-electron chi connectivity index (χ4n) is 5.18. The van der Waals surface area contributed by atoms with Crippen LogP contribution in [0.3, 0.4) is 0 Å². The Kier molecular flexibility index (Phi) is 5.48. The molecule has 2 aliphatic rings. The molecule has 2 aromatic heterocycles. The molecule has 8 nitrogen and oxygen atoms in total. The fourth-order valence-corrected chi connectivity index (χ4v) is 5.33. The first-order valence-corrected chi connectivity index (χ1v) is 11.5. The molecule has 1 aromatic carbocycles. The first-order chi connectivity index (χ1) is 16.6. The standard InChI is InChI=1S/C24H21ClF2N6O2/c1-11-5-14(12(2)29-15-3-4-19(25)31-21(15)23(34)35)20-16(6-11)30-17(9-28)22(32-20)33-10-13-7-18(33)24(26,27)8-13/h3-6,12-13,18,29H,7-8,10H2,1-2H3,(H,34,35)/t12-,13-,18+/m1/s1. The number of aromatic carboxylic acids is 1. The van der Waals surface area contributed by atoms with Crippen LogP contribution < -0.4 is 10.2 Å². The molecule has 5 rings (SSSR count). The largest absolute Gasteiger partial charge is 0.476 e. The first kappa shape index (κ1) is 23.2. The number of carboxylic acid groups (broad SMARTS) is 1. The molecule has 3 aromatic rings. The number of halogens is 3. The molecule has 0 amide bonds. The van der Waals surface area contributed by atoms with Crippen molar-refractivity contribution >= 4 is 40.1 Å². The number of alkyl halides is 2. The molecule has 2 bridgehead atoms. The molecule has 0 radical (unpaired) electrons. The lowest BCUT2D eigenvalue weighted by molar-refractivity contribution is -0.0206. The summed E-state index contributed by atoms with van der Waals surface area (Å²) in [5, 5.41) is 22.4. The number of aromatic nitrogens is 3. The van der Waals surface area contributed by atoms with Crippen LogP contribution in [0, 0.1) is 24.2 Å². The van der Waals surface area contributed by atoms with Crippen LogP contribution in [-0.4, -0.2) is 44.5 Å². The zero-order valence-corrected chi connectivity index (χ0v) is 19.6. The number of carboxylic acids is 1. The number of pyridine rings is 1. The Morgan fingerprint density at radius 1 is 1.34 bits per heavy atom. The van der Waals surface area contributed by atoms with Gasteiger partial charge in [-0.2, -0.15) is 5.26 Å². The number of hydrogen-bond donors (Lipinski definition) is 2. The van der Waals surface area contributed by atoms with Crippen LogP contribution in [0.1, 0.15) is 53.1 Å². The Morgan fingerprint density at radius 3 is 2.77 bits per heavy atom. The molecule has 1 saturated heterocycles. The summed E-state index contributed by atoms with van der Waals surface area (Å²) in [5.41, 5.74) is 2.49. The predicted octanol–water partition coefficient (Wildman–Crippen LogP) is 4.96. The second-order valence-corrected chi connectivity index (χ2v) is 9.55. The van der Waals surface area contributed by atoms with Crippen molar-refractivity contribution in [3.05, 3.63) is 51.9 Å². The number of nitrogens with one attached hydrogen (secondary N) is 1. The zero-order valence-electron chi connectivity index (χ0n) is 18.9. The van der Waals surface area contributed by atoms with Gasteiger partial charge in [0, 0.05) is 18.5 Å². The van der Waals surface area contributed by atoms with Crippen LogP contribution in [0.4, 0.5) is 20.3 Å². The Morgan fingerprint density at radius 2 is 2.11 bits per heavy atom. The molecule has 2 fully saturated rings. The quantitative estimate of drug-likeness (QED) is 0.474. The molecular formula is C24H21ClF2N6O2. The summed E-state index contributed by atoms with van der Waals surface area (Å²) in [6.07, 6.45) is 0.210. The highest BCUT2D eigenvalue weighted by atomic mass is 35.5. The van der Waals surface area contributed by atoms with Gasteiger partial charge >= 0.3 is 5.97 Å². The van der Waals surface area contributed by atoms with Gasteiger partial charge in [0.2, 0.25) is 0 Å². The van der Waals surface area contributed by atoms with Crippen molar-refractivity contribution in [3.63, 3.8) is 0 Å². The van der Waals surface area contributed by atoms with Gasteiger partial charge in [-0.15, -0.1) is 0 Å². The number of benzene rings is 1. The van der Waals surface area contributed by atoms with E-state index < -0.39 is 24.0 Å². The van der Waals surface area contributed by atoms with Gasteiger partial charge in [0.25, 0.3) is 5.92 Å². The topological polar surface area (TPSA) is 115 Å². The van der Waals surface area contributed by atoms with Crippen molar-refractivity contribution in [2.75, 3.05) is 16.8 Å². The smallest absolute Gasteiger partial charge is 0.356 e. The van der Waals surface area contributed by atoms with E-state index in [0.29, 0.717) is 29.6 Å². The SMILES string of the molecule is Cc1cc([C@@H](C)Nc2ccc(Cl)nc2C(=O)O)c2nc(N3C[C@@H]4C[C@H]3C(F)(F)C4)c(C#N)nc2c1. The first-order valence-electron chi connectivity index (χ1n) is 11.1. The van der Waals surface area contributed by atoms with Gasteiger partial charge in [-0.05, 0) is 49.9 Å². The lowest BCUT2D eigenvalue weighted by atomic mass is 10.0. The van der Waals surface area contributed by atoms with Crippen LogP contribution >= 0.6 is 11.6 Å². The highest BCUT2D eigenvalue weighted by molar-refractivity contribution is 6.29. The minimum absolute atomic E-state index is 0.00748. The lowest BCUT2D eigenvalue weighted by Crippen LogP contribution is -2.46. The summed E-state index contributed by atoms with van der Waals surface area (Å²) < 4.78 is 29.0. The number of piperidine rings is 1. The molecule has 1 aliphatic heterocycles. The number of rotatable bonds is 5. The zero-order chi connectivity index (χ0) is 25.1. The molecule has 180 valence electrons. The van der Waals surface area contributed by atoms with Gasteiger partial charge in [-0.1, -0.05) is 17.7 Å². The Bertz CT molecular complexity index is 1410. The van der Waals surface area contributed by atoms with E-state index in [1.165, 1.54) is 17.0 Å². The third-order valence-corrected chi connectivity index (χ3v) is 6.85. The average Bonchev–Trinajstić information content (AvgIpc) is 3.35. The summed E-state index contributed by atoms with van der Waals surface area (Å²) in [7, 11) is 0. The highest BCUT2D eigenvalue weighted by Gasteiger charge is 2.57. The van der Waals surface area contributed by atoms with Crippen LogP contribution in [0.15, 0.2) is 24.3 Å². The van der Waals surface area contributed by atoms with E-state index in [2.05, 4.69) is 15.3 Å². The molecule has 3 atom stereocenters. The van der Waals surface area contributed by atoms with Gasteiger partial charge in [0.1, 0.15) is 11.2 Å². The molecule has 1 aliphatic carbocycles. The van der Waals surface area contributed by atoms with E-state index in [4.69, 9.17) is 16.6 Å². The summed E-state index contributed by atoms with van der Waals surface area (Å²) in [6.45, 7) is 4.09. The number of nitrogens with zero attached hydrogens (tertiary/aromatic N) is 5. The second kappa shape index (κ2) is 8.27. The average molecular weight is 499 g/mol. The van der Waals surface area contributed by atoms with Gasteiger partial charge in [0.15, 0.2) is 17.2 Å². The number of hydrogen-bond acceptors (Lipinski definition) is 7. The van der Waals surface area contributed by atoms with Crippen molar-refractivity contribution in [3.8, 4) is 6.07 Å². The van der Waals surface area contributed by atoms with Gasteiger partial charge in [-0.25, -0.2) is 28.5 Å². The van der Waals surface area contributed by atoms with Crippen LogP contribution in [0.2, 0.25) is 5.15 Å². The molecule has 0 unspecified atom stereocenters. The second-order valence-electron chi connectivity index (χ2n) is 9.17. The van der Waals surface area contributed by atoms with E-state index in [0.717, 1.165) is 5.56 Å². The van der Waals surface area contributed by atoms with Crippen LogP contribution in [-0.2, 0) is 0 Å². The summed E-state index contributed by atoms with van der Waals surface area (Å²) in [4.78, 5) is 26.2. The maximum absolute atomic E-state index is 14.5. The van der Waals surface area contributed by atoms with Crippen molar-refractivity contribution < 1.29 is 18.7 Å². The molecule has 3 heterocycles. The predicted molar refractivity (Wildman–Crippen MR) is 126 cm³/mol. The van der Waals surface area contributed by atoms with Crippen LogP contribution in [0.25, 0.3) is 11.0 Å². The Labute approximate surface area is 204 Å². The van der Waals surface area contributed by atoms with Gasteiger partial charge in [0.05, 0.1) is 28.8 Å². The Balaban J connectivity index is 1.60. The van der Waals surface area contributed by atoms with E-state index in [1.54, 1.807) is 6.07 Å². The van der Waals surface area contributed by atoms with Gasteiger partial charge in [-0.3, -0.25) is 0 Å². The molecule has 0 spiro atoms. The monoisotopic (exact) mass is 498 g/mol. The molecule has 1 saturated carbocycles. The molecule has 35 heavy (non-hydrogen) atoms. The van der Waals surface area contributed by atoms with E-state index in [-0.39, 0.29) is 40.4 Å². The number of carbonyl (C=O) groups is 1. The third-order valence-electron chi connectivity index (χ3n) is 6.64. The van der Waals surface area contributed by atoms with Crippen molar-refractivity contribution in [1.29, 1.82) is 5.26 Å². The summed E-state index contributed by atoms with van der Waals surface area (Å²) in [6, 6.07) is 7.23. The lowest BCUT2D eigenvalue weighted by Gasteiger charge is -2.34. The Hall–Kier alpha value is -3.58. The van der Waals surface area contributed by atoms with Crippen molar-refractivity contribution in [2.24, 2.45) is 5.92 Å². The number of fused-ring (bicyclic) bond motifs is 3. The number of aryl methyl sites for hydroxylation is 1. The van der Waals surface area contributed by atoms with Crippen molar-refractivity contribution in [1.82, 2.24) is 15.0 Å². The fraction of sp³-hybridized carbons (Fsp3) is 0.375. The van der Waals surface area contributed by atoms with E-state index in [1.807, 2.05) is 26.0 Å². The molecular weight excluding hydrogens is 478 g/mol. The van der Waals surface area contributed by atoms with Gasteiger partial charge < -0.3 is 15.3 Å². The van der Waals surface area contributed by atoms with Crippen LogP contribution in [0.5, 0.6) is 0 Å². The summed E-state index contributed by atoms with van der Waals surface area (Å²) in [5.74, 6) is -4.07.